The van der Waals surface area contributed by atoms with Gasteiger partial charge in [-0.15, -0.1) is 0 Å². The molecule has 3 N–H and O–H groups in total. The van der Waals surface area contributed by atoms with E-state index >= 15 is 0 Å². The highest BCUT2D eigenvalue weighted by Crippen LogP contribution is 2.27. The largest absolute Gasteiger partial charge is 0.444 e. The van der Waals surface area contributed by atoms with Crippen LogP contribution in [0.5, 0.6) is 0 Å². The first kappa shape index (κ1) is 18.2. The molecule has 1 fully saturated rings. The zero-order valence-electron chi connectivity index (χ0n) is 14.2. The molecule has 0 spiro atoms. The summed E-state index contributed by atoms with van der Waals surface area (Å²) in [6.07, 6.45) is 3.46. The van der Waals surface area contributed by atoms with Gasteiger partial charge in [0.25, 0.3) is 0 Å². The van der Waals surface area contributed by atoms with Crippen molar-refractivity contribution >= 4 is 6.09 Å². The van der Waals surface area contributed by atoms with E-state index in [4.69, 9.17) is 4.74 Å². The Balaban J connectivity index is 2.23. The number of alkyl carbamates (subject to hydrolysis) is 1. The van der Waals surface area contributed by atoms with Crippen LogP contribution in [-0.2, 0) is 4.74 Å². The van der Waals surface area contributed by atoms with E-state index in [1.54, 1.807) is 0 Å². The number of aliphatic hydroxyl groups is 1. The maximum atomic E-state index is 11.6. The summed E-state index contributed by atoms with van der Waals surface area (Å²) in [6.45, 7) is 10.9. The van der Waals surface area contributed by atoms with Gasteiger partial charge in [0.2, 0.25) is 0 Å². The van der Waals surface area contributed by atoms with Crippen LogP contribution in [0.25, 0.3) is 0 Å². The van der Waals surface area contributed by atoms with Crippen molar-refractivity contribution in [3.05, 3.63) is 0 Å². The molecule has 1 aliphatic rings. The maximum Gasteiger partial charge on any atom is 0.407 e. The first-order valence-corrected chi connectivity index (χ1v) is 8.07. The molecule has 1 aliphatic carbocycles. The monoisotopic (exact) mass is 300 g/mol. The Morgan fingerprint density at radius 2 is 1.76 bits per heavy atom. The van der Waals surface area contributed by atoms with Crippen LogP contribution >= 0.6 is 0 Å². The van der Waals surface area contributed by atoms with Crippen molar-refractivity contribution in [1.29, 1.82) is 0 Å². The standard InChI is InChI=1S/C16H32N2O3/c1-6-16(7-2,11-19)10-17-12-8-13(9-12)18-14(20)21-15(3,4)5/h12-13,17,19H,6-11H2,1-5H3,(H,18,20). The molecule has 1 rings (SSSR count). The topological polar surface area (TPSA) is 70.6 Å². The number of hydrogen-bond acceptors (Lipinski definition) is 4. The molecule has 0 heterocycles. The Labute approximate surface area is 128 Å². The summed E-state index contributed by atoms with van der Waals surface area (Å²) in [5, 5.41) is 15.9. The minimum atomic E-state index is -0.450. The van der Waals surface area contributed by atoms with Crippen molar-refractivity contribution in [2.75, 3.05) is 13.2 Å². The summed E-state index contributed by atoms with van der Waals surface area (Å²) in [5.41, 5.74) is -0.460. The fourth-order valence-electron chi connectivity index (χ4n) is 2.52. The minimum Gasteiger partial charge on any atom is -0.444 e. The number of rotatable bonds is 7. The van der Waals surface area contributed by atoms with Gasteiger partial charge in [0, 0.05) is 30.7 Å². The fourth-order valence-corrected chi connectivity index (χ4v) is 2.52. The maximum absolute atomic E-state index is 11.6. The van der Waals surface area contributed by atoms with Crippen LogP contribution in [0.2, 0.25) is 0 Å². The lowest BCUT2D eigenvalue weighted by Gasteiger charge is -2.39. The van der Waals surface area contributed by atoms with E-state index in [-0.39, 0.29) is 24.2 Å². The summed E-state index contributed by atoms with van der Waals surface area (Å²) in [6, 6.07) is 0.623. The molecule has 0 aliphatic heterocycles. The van der Waals surface area contributed by atoms with Crippen LogP contribution in [0.4, 0.5) is 4.79 Å². The van der Waals surface area contributed by atoms with Crippen LogP contribution in [-0.4, -0.2) is 42.0 Å². The second-order valence-electron chi connectivity index (χ2n) is 7.26. The van der Waals surface area contributed by atoms with Crippen molar-refractivity contribution in [2.45, 2.75) is 78.0 Å². The highest BCUT2D eigenvalue weighted by molar-refractivity contribution is 5.68. The number of carbonyl (C=O) groups excluding carboxylic acids is 1. The van der Waals surface area contributed by atoms with E-state index < -0.39 is 5.60 Å². The molecular formula is C16H32N2O3. The van der Waals surface area contributed by atoms with Crippen LogP contribution in [0.15, 0.2) is 0 Å². The molecule has 0 aromatic heterocycles. The highest BCUT2D eigenvalue weighted by atomic mass is 16.6. The lowest BCUT2D eigenvalue weighted by atomic mass is 9.81. The zero-order chi connectivity index (χ0) is 16.1. The van der Waals surface area contributed by atoms with Crippen LogP contribution in [0.3, 0.4) is 0 Å². The molecule has 0 aromatic rings. The summed E-state index contributed by atoms with van der Waals surface area (Å²) >= 11 is 0. The SMILES string of the molecule is CCC(CC)(CO)CNC1CC(NC(=O)OC(C)(C)C)C1. The van der Waals surface area contributed by atoms with Crippen LogP contribution in [0.1, 0.15) is 60.3 Å². The quantitative estimate of drug-likeness (QED) is 0.675. The second-order valence-corrected chi connectivity index (χ2v) is 7.26. The van der Waals surface area contributed by atoms with E-state index in [1.807, 2.05) is 20.8 Å². The highest BCUT2D eigenvalue weighted by Gasteiger charge is 2.33. The predicted octanol–water partition coefficient (Wildman–Crippen LogP) is 2.43. The lowest BCUT2D eigenvalue weighted by molar-refractivity contribution is 0.0456. The van der Waals surface area contributed by atoms with Gasteiger partial charge >= 0.3 is 6.09 Å². The molecular weight excluding hydrogens is 268 g/mol. The molecule has 5 heteroatoms. The average Bonchev–Trinajstić information content (AvgIpc) is 2.35. The smallest absolute Gasteiger partial charge is 0.407 e. The number of amides is 1. The average molecular weight is 300 g/mol. The van der Waals surface area contributed by atoms with Crippen molar-refractivity contribution in [1.82, 2.24) is 10.6 Å². The summed E-state index contributed by atoms with van der Waals surface area (Å²) in [4.78, 5) is 11.6. The third kappa shape index (κ3) is 5.83. The normalized spacial score (nSPS) is 22.6. The second kappa shape index (κ2) is 7.45. The molecule has 0 atom stereocenters. The summed E-state index contributed by atoms with van der Waals surface area (Å²) in [7, 11) is 0. The molecule has 1 amide bonds. The summed E-state index contributed by atoms with van der Waals surface area (Å²) in [5.74, 6) is 0. The van der Waals surface area contributed by atoms with Gasteiger partial charge in [0.05, 0.1) is 0 Å². The number of ether oxygens (including phenoxy) is 1. The first-order chi connectivity index (χ1) is 9.73. The van der Waals surface area contributed by atoms with Crippen molar-refractivity contribution in [3.8, 4) is 0 Å². The van der Waals surface area contributed by atoms with E-state index in [1.165, 1.54) is 0 Å². The van der Waals surface area contributed by atoms with Gasteiger partial charge in [0.1, 0.15) is 5.60 Å². The molecule has 5 nitrogen and oxygen atoms in total. The Bertz CT molecular complexity index is 321. The molecule has 21 heavy (non-hydrogen) atoms. The van der Waals surface area contributed by atoms with Gasteiger partial charge in [-0.1, -0.05) is 13.8 Å². The van der Waals surface area contributed by atoms with E-state index in [0.717, 1.165) is 32.2 Å². The Kier molecular flexibility index (Phi) is 6.47. The Morgan fingerprint density at radius 1 is 1.19 bits per heavy atom. The van der Waals surface area contributed by atoms with Gasteiger partial charge in [-0.05, 0) is 46.5 Å². The predicted molar refractivity (Wildman–Crippen MR) is 84.3 cm³/mol. The first-order valence-electron chi connectivity index (χ1n) is 8.07. The number of carbonyl (C=O) groups is 1. The van der Waals surface area contributed by atoms with Gasteiger partial charge in [0.15, 0.2) is 0 Å². The summed E-state index contributed by atoms with van der Waals surface area (Å²) < 4.78 is 5.24. The van der Waals surface area contributed by atoms with Crippen molar-refractivity contribution in [2.24, 2.45) is 5.41 Å². The molecule has 1 saturated carbocycles. The molecule has 0 bridgehead atoms. The van der Waals surface area contributed by atoms with Gasteiger partial charge in [-0.3, -0.25) is 0 Å². The van der Waals surface area contributed by atoms with Gasteiger partial charge < -0.3 is 20.5 Å². The molecule has 0 radical (unpaired) electrons. The fraction of sp³-hybridized carbons (Fsp3) is 0.938. The Morgan fingerprint density at radius 3 is 2.19 bits per heavy atom. The minimum absolute atomic E-state index is 0.0102. The number of aliphatic hydroxyl groups excluding tert-OH is 1. The molecule has 0 saturated heterocycles. The molecule has 0 unspecified atom stereocenters. The van der Waals surface area contributed by atoms with Crippen molar-refractivity contribution < 1.29 is 14.6 Å². The van der Waals surface area contributed by atoms with E-state index in [2.05, 4.69) is 24.5 Å². The zero-order valence-corrected chi connectivity index (χ0v) is 14.2. The number of hydrogen-bond donors (Lipinski definition) is 3. The molecule has 0 aromatic carbocycles. The van der Waals surface area contributed by atoms with Gasteiger partial charge in [-0.2, -0.15) is 0 Å². The van der Waals surface area contributed by atoms with Gasteiger partial charge in [-0.25, -0.2) is 4.79 Å². The van der Waals surface area contributed by atoms with Crippen LogP contribution in [0, 0.1) is 5.41 Å². The Hall–Kier alpha value is -0.810. The third-order valence-corrected chi connectivity index (χ3v) is 4.46. The lowest BCUT2D eigenvalue weighted by Crippen LogP contribution is -2.55. The van der Waals surface area contributed by atoms with Crippen molar-refractivity contribution in [3.63, 3.8) is 0 Å². The van der Waals surface area contributed by atoms with Crippen LogP contribution < -0.4 is 10.6 Å². The van der Waals surface area contributed by atoms with E-state index in [9.17, 15) is 9.90 Å². The number of nitrogens with one attached hydrogen (secondary N) is 2. The third-order valence-electron chi connectivity index (χ3n) is 4.46. The van der Waals surface area contributed by atoms with E-state index in [0.29, 0.717) is 6.04 Å². The molecule has 124 valence electrons.